The fourth-order valence-electron chi connectivity index (χ4n) is 2.98. The molecule has 1 aliphatic heterocycles. The van der Waals surface area contributed by atoms with Crippen LogP contribution in [-0.4, -0.2) is 24.1 Å². The molecule has 0 aromatic carbocycles. The van der Waals surface area contributed by atoms with Crippen LogP contribution in [0.4, 0.5) is 0 Å². The van der Waals surface area contributed by atoms with E-state index in [2.05, 4.69) is 37.8 Å². The van der Waals surface area contributed by atoms with Crippen molar-refractivity contribution in [2.75, 3.05) is 18.1 Å². The normalized spacial score (nSPS) is 23.2. The molecule has 2 heteroatoms. The maximum atomic E-state index is 3.84. The smallest absolute Gasteiger partial charge is 0.0106 e. The van der Waals surface area contributed by atoms with Crippen LogP contribution >= 0.6 is 11.8 Å². The van der Waals surface area contributed by atoms with E-state index in [4.69, 9.17) is 0 Å². The van der Waals surface area contributed by atoms with Crippen molar-refractivity contribution in [1.82, 2.24) is 5.32 Å². The standard InChI is InChI=1S/C16H33NS/c1-4-7-8-14(6-3)12-16(17-10-5-2)15-9-11-18-13-15/h14-17H,4-13H2,1-3H3. The van der Waals surface area contributed by atoms with Crippen molar-refractivity contribution in [3.8, 4) is 0 Å². The predicted octanol–water partition coefficient (Wildman–Crippen LogP) is 4.71. The summed E-state index contributed by atoms with van der Waals surface area (Å²) >= 11 is 2.16. The molecule has 108 valence electrons. The van der Waals surface area contributed by atoms with Gasteiger partial charge in [0, 0.05) is 6.04 Å². The minimum atomic E-state index is 0.793. The molecule has 18 heavy (non-hydrogen) atoms. The first-order valence-electron chi connectivity index (χ1n) is 8.12. The minimum Gasteiger partial charge on any atom is -0.314 e. The van der Waals surface area contributed by atoms with E-state index in [0.717, 1.165) is 17.9 Å². The molecule has 0 spiro atoms. The van der Waals surface area contributed by atoms with Crippen molar-refractivity contribution in [1.29, 1.82) is 0 Å². The van der Waals surface area contributed by atoms with Gasteiger partial charge in [-0.3, -0.25) is 0 Å². The quantitative estimate of drug-likeness (QED) is 0.617. The van der Waals surface area contributed by atoms with E-state index in [1.165, 1.54) is 63.0 Å². The van der Waals surface area contributed by atoms with Crippen molar-refractivity contribution in [3.05, 3.63) is 0 Å². The van der Waals surface area contributed by atoms with E-state index in [-0.39, 0.29) is 0 Å². The molecule has 1 fully saturated rings. The monoisotopic (exact) mass is 271 g/mol. The first-order chi connectivity index (χ1) is 8.81. The molecule has 0 aromatic heterocycles. The summed E-state index contributed by atoms with van der Waals surface area (Å²) in [5.41, 5.74) is 0. The van der Waals surface area contributed by atoms with Crippen molar-refractivity contribution < 1.29 is 0 Å². The second-order valence-corrected chi connectivity index (χ2v) is 6.99. The van der Waals surface area contributed by atoms with E-state index in [1.807, 2.05) is 0 Å². The second kappa shape index (κ2) is 10.1. The second-order valence-electron chi connectivity index (χ2n) is 5.84. The van der Waals surface area contributed by atoms with E-state index in [0.29, 0.717) is 0 Å². The third-order valence-corrected chi connectivity index (χ3v) is 5.51. The lowest BCUT2D eigenvalue weighted by Crippen LogP contribution is -2.38. The third kappa shape index (κ3) is 5.97. The highest BCUT2D eigenvalue weighted by Gasteiger charge is 2.26. The molecule has 3 atom stereocenters. The van der Waals surface area contributed by atoms with Gasteiger partial charge >= 0.3 is 0 Å². The highest BCUT2D eigenvalue weighted by molar-refractivity contribution is 7.99. The van der Waals surface area contributed by atoms with Crippen LogP contribution in [0, 0.1) is 11.8 Å². The van der Waals surface area contributed by atoms with Gasteiger partial charge in [0.05, 0.1) is 0 Å². The maximum absolute atomic E-state index is 3.84. The Balaban J connectivity index is 2.41. The Morgan fingerprint density at radius 3 is 2.61 bits per heavy atom. The molecule has 1 rings (SSSR count). The van der Waals surface area contributed by atoms with Gasteiger partial charge in [-0.2, -0.15) is 11.8 Å². The number of thioether (sulfide) groups is 1. The van der Waals surface area contributed by atoms with E-state index < -0.39 is 0 Å². The first-order valence-corrected chi connectivity index (χ1v) is 9.28. The number of hydrogen-bond donors (Lipinski definition) is 1. The summed E-state index contributed by atoms with van der Waals surface area (Å²) in [6, 6.07) is 0.793. The summed E-state index contributed by atoms with van der Waals surface area (Å²) in [5.74, 6) is 4.67. The summed E-state index contributed by atoms with van der Waals surface area (Å²) in [6.45, 7) is 8.17. The molecule has 1 heterocycles. The molecule has 3 unspecified atom stereocenters. The van der Waals surface area contributed by atoms with E-state index in [1.54, 1.807) is 0 Å². The van der Waals surface area contributed by atoms with Crippen molar-refractivity contribution >= 4 is 11.8 Å². The van der Waals surface area contributed by atoms with Crippen LogP contribution in [0.1, 0.15) is 65.7 Å². The average molecular weight is 272 g/mol. The molecule has 0 aromatic rings. The molecule has 0 aliphatic carbocycles. The van der Waals surface area contributed by atoms with Crippen LogP contribution in [0.15, 0.2) is 0 Å². The van der Waals surface area contributed by atoms with Crippen LogP contribution in [0.25, 0.3) is 0 Å². The summed E-state index contributed by atoms with van der Waals surface area (Å²) in [5, 5.41) is 3.84. The summed E-state index contributed by atoms with van der Waals surface area (Å²) < 4.78 is 0. The van der Waals surface area contributed by atoms with Crippen molar-refractivity contribution in [2.45, 2.75) is 71.8 Å². The molecular weight excluding hydrogens is 238 g/mol. The number of hydrogen-bond acceptors (Lipinski definition) is 2. The third-order valence-electron chi connectivity index (χ3n) is 4.32. The molecular formula is C16H33NS. The Morgan fingerprint density at radius 2 is 2.06 bits per heavy atom. The first kappa shape index (κ1) is 16.4. The van der Waals surface area contributed by atoms with E-state index >= 15 is 0 Å². The number of unbranched alkanes of at least 4 members (excludes halogenated alkanes) is 1. The Kier molecular flexibility index (Phi) is 9.22. The highest BCUT2D eigenvalue weighted by Crippen LogP contribution is 2.30. The minimum absolute atomic E-state index is 0.793. The van der Waals surface area contributed by atoms with Gasteiger partial charge in [0.2, 0.25) is 0 Å². The highest BCUT2D eigenvalue weighted by atomic mass is 32.2. The zero-order valence-corrected chi connectivity index (χ0v) is 13.5. The predicted molar refractivity (Wildman–Crippen MR) is 85.4 cm³/mol. The van der Waals surface area contributed by atoms with Gasteiger partial charge in [-0.25, -0.2) is 0 Å². The van der Waals surface area contributed by atoms with Crippen LogP contribution in [-0.2, 0) is 0 Å². The Labute approximate surface area is 119 Å². The topological polar surface area (TPSA) is 12.0 Å². The Morgan fingerprint density at radius 1 is 1.22 bits per heavy atom. The Bertz CT molecular complexity index is 190. The number of rotatable bonds is 10. The van der Waals surface area contributed by atoms with Crippen molar-refractivity contribution in [3.63, 3.8) is 0 Å². The van der Waals surface area contributed by atoms with Crippen LogP contribution in [0.5, 0.6) is 0 Å². The van der Waals surface area contributed by atoms with Crippen molar-refractivity contribution in [2.24, 2.45) is 11.8 Å². The molecule has 0 radical (unpaired) electrons. The van der Waals surface area contributed by atoms with Gasteiger partial charge in [-0.1, -0.05) is 46.5 Å². The molecule has 0 saturated carbocycles. The molecule has 1 saturated heterocycles. The SMILES string of the molecule is CCCCC(CC)CC(NCCC)C1CCSC1. The van der Waals surface area contributed by atoms with Gasteiger partial charge < -0.3 is 5.32 Å². The largest absolute Gasteiger partial charge is 0.314 e. The van der Waals surface area contributed by atoms with E-state index in [9.17, 15) is 0 Å². The van der Waals surface area contributed by atoms with Gasteiger partial charge in [-0.15, -0.1) is 0 Å². The lowest BCUT2D eigenvalue weighted by Gasteiger charge is -2.28. The summed E-state index contributed by atoms with van der Waals surface area (Å²) in [6.07, 6.45) is 9.70. The zero-order valence-electron chi connectivity index (χ0n) is 12.7. The fraction of sp³-hybridized carbons (Fsp3) is 1.00. The van der Waals surface area contributed by atoms with Crippen LogP contribution in [0.2, 0.25) is 0 Å². The molecule has 0 bridgehead atoms. The lowest BCUT2D eigenvalue weighted by atomic mass is 9.86. The summed E-state index contributed by atoms with van der Waals surface area (Å²) in [7, 11) is 0. The van der Waals surface area contributed by atoms with Gasteiger partial charge in [0.15, 0.2) is 0 Å². The maximum Gasteiger partial charge on any atom is 0.0106 e. The zero-order chi connectivity index (χ0) is 13.2. The van der Waals surface area contributed by atoms with Gasteiger partial charge in [-0.05, 0) is 49.1 Å². The summed E-state index contributed by atoms with van der Waals surface area (Å²) in [4.78, 5) is 0. The fourth-order valence-corrected chi connectivity index (χ4v) is 4.32. The van der Waals surface area contributed by atoms with Crippen LogP contribution < -0.4 is 5.32 Å². The Hall–Kier alpha value is 0.310. The molecule has 0 amide bonds. The number of nitrogens with one attached hydrogen (secondary N) is 1. The van der Waals surface area contributed by atoms with Gasteiger partial charge in [0.25, 0.3) is 0 Å². The molecule has 1 aliphatic rings. The lowest BCUT2D eigenvalue weighted by molar-refractivity contribution is 0.290. The molecule has 1 nitrogen and oxygen atoms in total. The van der Waals surface area contributed by atoms with Crippen LogP contribution in [0.3, 0.4) is 0 Å². The average Bonchev–Trinajstić information content (AvgIpc) is 2.92. The van der Waals surface area contributed by atoms with Gasteiger partial charge in [0.1, 0.15) is 0 Å². The molecule has 1 N–H and O–H groups in total.